The lowest BCUT2D eigenvalue weighted by Gasteiger charge is -2.30. The van der Waals surface area contributed by atoms with Gasteiger partial charge < -0.3 is 14.7 Å². The van der Waals surface area contributed by atoms with Crippen LogP contribution in [0.5, 0.6) is 0 Å². The molecule has 2 rings (SSSR count). The van der Waals surface area contributed by atoms with Gasteiger partial charge in [-0.3, -0.25) is 0 Å². The lowest BCUT2D eigenvalue weighted by atomic mass is 9.95. The first-order valence-electron chi connectivity index (χ1n) is 7.90. The molecular weight excluding hydrogens is 313 g/mol. The van der Waals surface area contributed by atoms with E-state index in [1.165, 1.54) is 12.1 Å². The predicted molar refractivity (Wildman–Crippen MR) is 88.0 cm³/mol. The summed E-state index contributed by atoms with van der Waals surface area (Å²) >= 11 is 0. The quantitative estimate of drug-likeness (QED) is 0.353. The molecule has 1 aromatic carbocycles. The molecule has 130 valence electrons. The first-order valence-corrected chi connectivity index (χ1v) is 7.90. The molecule has 5 nitrogen and oxygen atoms in total. The molecule has 1 aromatic rings. The summed E-state index contributed by atoms with van der Waals surface area (Å²) in [6, 6.07) is 6.01. The maximum absolute atomic E-state index is 12.7. The van der Waals surface area contributed by atoms with Gasteiger partial charge >= 0.3 is 5.97 Å². The molecule has 6 heteroatoms. The minimum absolute atomic E-state index is 0.112. The number of benzene rings is 1. The average molecular weight is 335 g/mol. The van der Waals surface area contributed by atoms with Crippen molar-refractivity contribution in [2.75, 3.05) is 0 Å². The molecule has 1 aliphatic rings. The van der Waals surface area contributed by atoms with E-state index in [1.54, 1.807) is 32.2 Å². The second-order valence-corrected chi connectivity index (χ2v) is 6.33. The Balaban J connectivity index is 1.69. The number of aliphatic hydroxyl groups excluding tert-OH is 1. The largest absolute Gasteiger partial charge is 0.512 e. The summed E-state index contributed by atoms with van der Waals surface area (Å²) < 4.78 is 18.0. The van der Waals surface area contributed by atoms with E-state index in [4.69, 9.17) is 9.57 Å². The standard InChI is InChI=1S/C18H22FNO4/c1-18(2)11-16(21)15(17(22)24-18)5-3-4-10-20-23-12-13-6-8-14(19)9-7-13/h6-10,21H,3-5,11-12H2,1-2H3. The molecule has 0 atom stereocenters. The smallest absolute Gasteiger partial charge is 0.337 e. The van der Waals surface area contributed by atoms with Crippen molar-refractivity contribution in [3.63, 3.8) is 0 Å². The number of nitrogens with zero attached hydrogens (tertiary/aromatic N) is 1. The fourth-order valence-electron chi connectivity index (χ4n) is 2.39. The molecule has 0 unspecified atom stereocenters. The summed E-state index contributed by atoms with van der Waals surface area (Å²) in [4.78, 5) is 17.0. The van der Waals surface area contributed by atoms with Gasteiger partial charge in [-0.15, -0.1) is 0 Å². The zero-order valence-corrected chi connectivity index (χ0v) is 13.9. The summed E-state index contributed by atoms with van der Waals surface area (Å²) in [7, 11) is 0. The highest BCUT2D eigenvalue weighted by Crippen LogP contribution is 2.30. The summed E-state index contributed by atoms with van der Waals surface area (Å²) in [6.45, 7) is 3.80. The lowest BCUT2D eigenvalue weighted by Crippen LogP contribution is -2.34. The molecule has 0 aromatic heterocycles. The van der Waals surface area contributed by atoms with Crippen LogP contribution in [0.2, 0.25) is 0 Å². The number of oxime groups is 1. The van der Waals surface area contributed by atoms with Crippen LogP contribution < -0.4 is 0 Å². The molecule has 1 aliphatic heterocycles. The number of ether oxygens (including phenoxy) is 1. The molecule has 0 amide bonds. The van der Waals surface area contributed by atoms with Crippen molar-refractivity contribution in [1.82, 2.24) is 0 Å². The van der Waals surface area contributed by atoms with Crippen molar-refractivity contribution in [2.24, 2.45) is 5.16 Å². The Labute approximate surface area is 140 Å². The zero-order chi connectivity index (χ0) is 17.6. The summed E-state index contributed by atoms with van der Waals surface area (Å²) in [5.41, 5.74) is 0.520. The number of unbranched alkanes of at least 4 members (excludes halogenated alkanes) is 1. The Morgan fingerprint density at radius 2 is 2.08 bits per heavy atom. The third-order valence-corrected chi connectivity index (χ3v) is 3.61. The SMILES string of the molecule is CC1(C)CC(O)=C(CCCC=NOCc2ccc(F)cc2)C(=O)O1. The maximum atomic E-state index is 12.7. The van der Waals surface area contributed by atoms with Gasteiger partial charge in [0, 0.05) is 12.6 Å². The average Bonchev–Trinajstić information content (AvgIpc) is 2.49. The van der Waals surface area contributed by atoms with Crippen molar-refractivity contribution in [1.29, 1.82) is 0 Å². The van der Waals surface area contributed by atoms with Crippen molar-refractivity contribution >= 4 is 12.2 Å². The molecule has 1 heterocycles. The van der Waals surface area contributed by atoms with Gasteiger partial charge in [0.25, 0.3) is 0 Å². The van der Waals surface area contributed by atoms with E-state index in [2.05, 4.69) is 5.16 Å². The van der Waals surface area contributed by atoms with E-state index in [0.717, 1.165) is 5.56 Å². The lowest BCUT2D eigenvalue weighted by molar-refractivity contribution is -0.155. The van der Waals surface area contributed by atoms with Crippen LogP contribution in [0.15, 0.2) is 40.8 Å². The van der Waals surface area contributed by atoms with Crippen LogP contribution in [-0.4, -0.2) is 22.9 Å². The van der Waals surface area contributed by atoms with Gasteiger partial charge in [-0.1, -0.05) is 17.3 Å². The number of hydrogen-bond acceptors (Lipinski definition) is 5. The van der Waals surface area contributed by atoms with Crippen LogP contribution in [0, 0.1) is 5.82 Å². The van der Waals surface area contributed by atoms with Gasteiger partial charge in [-0.05, 0) is 50.8 Å². The number of aliphatic hydroxyl groups is 1. The van der Waals surface area contributed by atoms with E-state index < -0.39 is 11.6 Å². The topological polar surface area (TPSA) is 68.1 Å². The van der Waals surface area contributed by atoms with Crippen LogP contribution in [0.4, 0.5) is 4.39 Å². The van der Waals surface area contributed by atoms with Gasteiger partial charge in [0.1, 0.15) is 23.8 Å². The van der Waals surface area contributed by atoms with Crippen LogP contribution in [0.1, 0.15) is 45.1 Å². The molecule has 24 heavy (non-hydrogen) atoms. The maximum Gasteiger partial charge on any atom is 0.337 e. The zero-order valence-electron chi connectivity index (χ0n) is 13.9. The third kappa shape index (κ3) is 5.37. The molecule has 0 fully saturated rings. The van der Waals surface area contributed by atoms with E-state index in [0.29, 0.717) is 31.3 Å². The number of cyclic esters (lactones) is 1. The molecule has 0 bridgehead atoms. The van der Waals surface area contributed by atoms with Gasteiger partial charge in [-0.25, -0.2) is 9.18 Å². The fourth-order valence-corrected chi connectivity index (χ4v) is 2.39. The van der Waals surface area contributed by atoms with Crippen LogP contribution in [0.25, 0.3) is 0 Å². The number of hydrogen-bond donors (Lipinski definition) is 1. The van der Waals surface area contributed by atoms with E-state index >= 15 is 0 Å². The molecule has 1 N–H and O–H groups in total. The number of esters is 1. The second-order valence-electron chi connectivity index (χ2n) is 6.33. The van der Waals surface area contributed by atoms with Crippen molar-refractivity contribution in [2.45, 2.75) is 51.7 Å². The monoisotopic (exact) mass is 335 g/mol. The Hall–Kier alpha value is -2.37. The van der Waals surface area contributed by atoms with Crippen molar-refractivity contribution < 1.29 is 23.9 Å². The van der Waals surface area contributed by atoms with E-state index in [9.17, 15) is 14.3 Å². The summed E-state index contributed by atoms with van der Waals surface area (Å²) in [5.74, 6) is -0.626. The van der Waals surface area contributed by atoms with Crippen LogP contribution in [0.3, 0.4) is 0 Å². The number of carbonyl (C=O) groups is 1. The molecule has 0 aliphatic carbocycles. The highest BCUT2D eigenvalue weighted by atomic mass is 19.1. The van der Waals surface area contributed by atoms with Crippen LogP contribution >= 0.6 is 0 Å². The van der Waals surface area contributed by atoms with E-state index in [-0.39, 0.29) is 18.2 Å². The van der Waals surface area contributed by atoms with Gasteiger partial charge in [0.15, 0.2) is 0 Å². The highest BCUT2D eigenvalue weighted by molar-refractivity contribution is 5.90. The van der Waals surface area contributed by atoms with Crippen molar-refractivity contribution in [3.05, 3.63) is 47.0 Å². The Morgan fingerprint density at radius 1 is 1.38 bits per heavy atom. The Morgan fingerprint density at radius 3 is 2.75 bits per heavy atom. The third-order valence-electron chi connectivity index (χ3n) is 3.61. The first kappa shape index (κ1) is 18.0. The number of halogens is 1. The summed E-state index contributed by atoms with van der Waals surface area (Å²) in [6.07, 6.45) is 3.64. The minimum Gasteiger partial charge on any atom is -0.512 e. The second kappa shape index (κ2) is 7.95. The Bertz CT molecular complexity index is 635. The molecule has 0 spiro atoms. The van der Waals surface area contributed by atoms with Gasteiger partial charge in [0.2, 0.25) is 0 Å². The molecule has 0 saturated heterocycles. The summed E-state index contributed by atoms with van der Waals surface area (Å²) in [5, 5.41) is 13.8. The molecule has 0 saturated carbocycles. The highest BCUT2D eigenvalue weighted by Gasteiger charge is 2.33. The number of rotatable bonds is 7. The molecule has 0 radical (unpaired) electrons. The van der Waals surface area contributed by atoms with Crippen molar-refractivity contribution in [3.8, 4) is 0 Å². The minimum atomic E-state index is -0.652. The first-order chi connectivity index (χ1) is 11.4. The van der Waals surface area contributed by atoms with Gasteiger partial charge in [0.05, 0.1) is 5.57 Å². The molecular formula is C18H22FNO4. The fraction of sp³-hybridized carbons (Fsp3) is 0.444. The predicted octanol–water partition coefficient (Wildman–Crippen LogP) is 4.04. The normalized spacial score (nSPS) is 17.2. The van der Waals surface area contributed by atoms with Crippen LogP contribution in [-0.2, 0) is 21.0 Å². The van der Waals surface area contributed by atoms with Gasteiger partial charge in [-0.2, -0.15) is 0 Å². The van der Waals surface area contributed by atoms with E-state index in [1.807, 2.05) is 0 Å². The number of carbonyl (C=O) groups excluding carboxylic acids is 1. The Kier molecular flexibility index (Phi) is 5.95.